The molecular formula is C13H13Cl2N2+. The van der Waals surface area contributed by atoms with Gasteiger partial charge in [0.05, 0.1) is 21.1 Å². The highest BCUT2D eigenvalue weighted by atomic mass is 35.5. The molecule has 0 amide bonds. The number of H-pyrrole nitrogens is 1. The molecule has 17 heavy (non-hydrogen) atoms. The second-order valence-electron chi connectivity index (χ2n) is 4.51. The summed E-state index contributed by atoms with van der Waals surface area (Å²) in [7, 11) is 0. The van der Waals surface area contributed by atoms with Crippen molar-refractivity contribution in [3.63, 3.8) is 0 Å². The molecule has 88 valence electrons. The van der Waals surface area contributed by atoms with E-state index in [0.29, 0.717) is 10.0 Å². The fraction of sp³-hybridized carbons (Fsp3) is 0.308. The van der Waals surface area contributed by atoms with Gasteiger partial charge >= 0.3 is 0 Å². The average Bonchev–Trinajstić information content (AvgIpc) is 2.32. The highest BCUT2D eigenvalue weighted by molar-refractivity contribution is 6.42. The largest absolute Gasteiger partial charge is 0.398 e. The number of aryl methyl sites for hydroxylation is 1. The van der Waals surface area contributed by atoms with Gasteiger partial charge in [-0.25, -0.2) is 4.98 Å². The summed E-state index contributed by atoms with van der Waals surface area (Å²) in [6.07, 6.45) is 4.54. The van der Waals surface area contributed by atoms with Crippen LogP contribution in [0.4, 0.5) is 5.69 Å². The van der Waals surface area contributed by atoms with Crippen LogP contribution in [-0.2, 0) is 12.8 Å². The van der Waals surface area contributed by atoms with Gasteiger partial charge < -0.3 is 5.73 Å². The summed E-state index contributed by atoms with van der Waals surface area (Å²) in [5.74, 6) is 0. The topological polar surface area (TPSA) is 40.2 Å². The third-order valence-electron chi connectivity index (χ3n) is 3.43. The SMILES string of the molecule is Nc1c2c([nH+]c3cc(Cl)c(Cl)cc13)CCCC2. The fourth-order valence-corrected chi connectivity index (χ4v) is 2.87. The Hall–Kier alpha value is -0.990. The molecule has 0 aliphatic heterocycles. The smallest absolute Gasteiger partial charge is 0.214 e. The van der Waals surface area contributed by atoms with Crippen LogP contribution in [0.2, 0.25) is 10.0 Å². The number of nitrogens with two attached hydrogens (primary N) is 1. The Morgan fingerprint density at radius 2 is 1.76 bits per heavy atom. The zero-order valence-electron chi connectivity index (χ0n) is 9.32. The monoisotopic (exact) mass is 267 g/mol. The summed E-state index contributed by atoms with van der Waals surface area (Å²) in [4.78, 5) is 3.43. The first-order valence-corrected chi connectivity index (χ1v) is 6.53. The molecule has 0 unspecified atom stereocenters. The van der Waals surface area contributed by atoms with Crippen molar-refractivity contribution >= 4 is 39.8 Å². The van der Waals surface area contributed by atoms with E-state index in [9.17, 15) is 0 Å². The average molecular weight is 268 g/mol. The van der Waals surface area contributed by atoms with E-state index in [1.54, 1.807) is 0 Å². The first-order valence-electron chi connectivity index (χ1n) is 5.78. The van der Waals surface area contributed by atoms with Gasteiger partial charge in [-0.2, -0.15) is 0 Å². The van der Waals surface area contributed by atoms with E-state index in [4.69, 9.17) is 28.9 Å². The van der Waals surface area contributed by atoms with Crippen LogP contribution < -0.4 is 10.7 Å². The van der Waals surface area contributed by atoms with E-state index in [-0.39, 0.29) is 0 Å². The van der Waals surface area contributed by atoms with Gasteiger partial charge in [0.1, 0.15) is 0 Å². The predicted molar refractivity (Wildman–Crippen MR) is 71.6 cm³/mol. The van der Waals surface area contributed by atoms with Gasteiger partial charge in [-0.3, -0.25) is 0 Å². The van der Waals surface area contributed by atoms with Crippen molar-refractivity contribution in [2.45, 2.75) is 25.7 Å². The van der Waals surface area contributed by atoms with Crippen molar-refractivity contribution in [3.05, 3.63) is 33.4 Å². The van der Waals surface area contributed by atoms with E-state index < -0.39 is 0 Å². The van der Waals surface area contributed by atoms with Crippen molar-refractivity contribution in [2.24, 2.45) is 0 Å². The zero-order valence-corrected chi connectivity index (χ0v) is 10.8. The summed E-state index contributed by atoms with van der Waals surface area (Å²) < 4.78 is 0. The summed E-state index contributed by atoms with van der Waals surface area (Å²) in [6.45, 7) is 0. The Morgan fingerprint density at radius 1 is 1.06 bits per heavy atom. The lowest BCUT2D eigenvalue weighted by Crippen LogP contribution is -2.21. The number of nitrogen functional groups attached to an aromatic ring is 1. The van der Waals surface area contributed by atoms with Gasteiger partial charge in [0, 0.05) is 18.1 Å². The number of rotatable bonds is 0. The number of benzene rings is 1. The van der Waals surface area contributed by atoms with Crippen LogP contribution in [-0.4, -0.2) is 0 Å². The molecule has 0 radical (unpaired) electrons. The number of aromatic amines is 1. The minimum Gasteiger partial charge on any atom is -0.398 e. The van der Waals surface area contributed by atoms with E-state index in [1.165, 1.54) is 24.1 Å². The molecule has 0 fully saturated rings. The van der Waals surface area contributed by atoms with Crippen LogP contribution in [0.25, 0.3) is 10.9 Å². The number of halogens is 2. The Balaban J connectivity index is 2.36. The second-order valence-corrected chi connectivity index (χ2v) is 5.33. The minimum absolute atomic E-state index is 0.551. The normalized spacial score (nSPS) is 14.9. The van der Waals surface area contributed by atoms with E-state index in [0.717, 1.165) is 29.4 Å². The predicted octanol–water partition coefficient (Wildman–Crippen LogP) is 3.42. The van der Waals surface area contributed by atoms with Crippen LogP contribution in [0.5, 0.6) is 0 Å². The third kappa shape index (κ3) is 1.76. The molecule has 3 N–H and O–H groups in total. The van der Waals surface area contributed by atoms with Crippen LogP contribution >= 0.6 is 23.2 Å². The lowest BCUT2D eigenvalue weighted by molar-refractivity contribution is -0.359. The quantitative estimate of drug-likeness (QED) is 0.781. The molecule has 0 saturated heterocycles. The molecule has 1 heterocycles. The molecule has 1 aromatic carbocycles. The van der Waals surface area contributed by atoms with E-state index >= 15 is 0 Å². The van der Waals surface area contributed by atoms with Gasteiger partial charge in [-0.15, -0.1) is 0 Å². The van der Waals surface area contributed by atoms with Crippen LogP contribution in [0, 0.1) is 0 Å². The number of fused-ring (bicyclic) bond motifs is 2. The molecule has 0 spiro atoms. The standard InChI is InChI=1S/C13H12Cl2N2/c14-9-5-8-12(6-10(9)15)17-11-4-2-1-3-7(11)13(8)16/h5-6H,1-4H2,(H2,16,17)/p+1. The summed E-state index contributed by atoms with van der Waals surface area (Å²) in [5.41, 5.74) is 10.6. The molecule has 3 rings (SSSR count). The number of pyridine rings is 1. The summed E-state index contributed by atoms with van der Waals surface area (Å²) in [5, 5.41) is 2.08. The van der Waals surface area contributed by atoms with Gasteiger partial charge in [0.2, 0.25) is 5.52 Å². The first kappa shape index (κ1) is 11.1. The van der Waals surface area contributed by atoms with Crippen molar-refractivity contribution in [3.8, 4) is 0 Å². The Labute approximate surface area is 110 Å². The Bertz CT molecular complexity index is 608. The van der Waals surface area contributed by atoms with Crippen molar-refractivity contribution < 1.29 is 4.98 Å². The molecule has 4 heteroatoms. The van der Waals surface area contributed by atoms with Gasteiger partial charge in [0.15, 0.2) is 5.69 Å². The molecule has 0 atom stereocenters. The number of anilines is 1. The lowest BCUT2D eigenvalue weighted by atomic mass is 9.93. The molecule has 1 aliphatic carbocycles. The van der Waals surface area contributed by atoms with Gasteiger partial charge in [0.25, 0.3) is 0 Å². The third-order valence-corrected chi connectivity index (χ3v) is 4.15. The van der Waals surface area contributed by atoms with E-state index in [2.05, 4.69) is 4.98 Å². The van der Waals surface area contributed by atoms with Crippen molar-refractivity contribution in [1.82, 2.24) is 0 Å². The van der Waals surface area contributed by atoms with Crippen LogP contribution in [0.3, 0.4) is 0 Å². The van der Waals surface area contributed by atoms with Gasteiger partial charge in [-0.05, 0) is 25.3 Å². The number of aromatic nitrogens is 1. The van der Waals surface area contributed by atoms with Crippen molar-refractivity contribution in [2.75, 3.05) is 5.73 Å². The van der Waals surface area contributed by atoms with Crippen LogP contribution in [0.1, 0.15) is 24.1 Å². The Morgan fingerprint density at radius 3 is 2.59 bits per heavy atom. The number of hydrogen-bond donors (Lipinski definition) is 1. The molecule has 1 aromatic heterocycles. The molecule has 0 saturated carbocycles. The molecular weight excluding hydrogens is 255 g/mol. The Kier molecular flexibility index (Phi) is 2.64. The fourth-order valence-electron chi connectivity index (χ4n) is 2.54. The maximum absolute atomic E-state index is 6.24. The summed E-state index contributed by atoms with van der Waals surface area (Å²) >= 11 is 12.1. The second kappa shape index (κ2) is 4.04. The maximum Gasteiger partial charge on any atom is 0.214 e. The minimum atomic E-state index is 0.551. The maximum atomic E-state index is 6.24. The molecule has 0 bridgehead atoms. The molecule has 2 aromatic rings. The highest BCUT2D eigenvalue weighted by Crippen LogP contribution is 2.33. The van der Waals surface area contributed by atoms with E-state index in [1.807, 2.05) is 12.1 Å². The van der Waals surface area contributed by atoms with Crippen molar-refractivity contribution in [1.29, 1.82) is 0 Å². The number of nitrogens with one attached hydrogen (secondary N) is 1. The summed E-state index contributed by atoms with van der Waals surface area (Å²) in [6, 6.07) is 3.70. The van der Waals surface area contributed by atoms with Gasteiger partial charge in [-0.1, -0.05) is 23.2 Å². The molecule has 2 nitrogen and oxygen atoms in total. The first-order chi connectivity index (χ1) is 8.16. The number of hydrogen-bond acceptors (Lipinski definition) is 1. The highest BCUT2D eigenvalue weighted by Gasteiger charge is 2.22. The van der Waals surface area contributed by atoms with Crippen LogP contribution in [0.15, 0.2) is 12.1 Å². The zero-order chi connectivity index (χ0) is 12.0. The molecule has 1 aliphatic rings. The lowest BCUT2D eigenvalue weighted by Gasteiger charge is -2.14.